The number of aromatic nitrogens is 4. The van der Waals surface area contributed by atoms with E-state index in [2.05, 4.69) is 25.3 Å². The highest BCUT2D eigenvalue weighted by Gasteiger charge is 2.15. The fraction of sp³-hybridized carbons (Fsp3) is 0.154. The number of thiazole rings is 1. The van der Waals surface area contributed by atoms with Gasteiger partial charge in [-0.15, -0.1) is 11.3 Å². The highest BCUT2D eigenvalue weighted by Crippen LogP contribution is 2.28. The average Bonchev–Trinajstić information content (AvgIpc) is 3.37. The number of benzene rings is 2. The first kappa shape index (κ1) is 24.7. The molecule has 2 aromatic carbocycles. The number of aromatic amines is 1. The van der Waals surface area contributed by atoms with Crippen molar-refractivity contribution in [2.24, 2.45) is 0 Å². The number of para-hydroxylation sites is 1. The summed E-state index contributed by atoms with van der Waals surface area (Å²) < 4.78 is 24.9. The molecule has 0 bridgehead atoms. The number of nitrogens with zero attached hydrogens (tertiary/aromatic N) is 3. The fourth-order valence-corrected chi connectivity index (χ4v) is 4.43. The fourth-order valence-electron chi connectivity index (χ4n) is 3.55. The van der Waals surface area contributed by atoms with Crippen molar-refractivity contribution in [1.82, 2.24) is 19.9 Å². The lowest BCUT2D eigenvalue weighted by molar-refractivity contribution is 0.235. The Morgan fingerprint density at radius 3 is 2.78 bits per heavy atom. The van der Waals surface area contributed by atoms with Crippen LogP contribution in [0.1, 0.15) is 12.7 Å². The maximum absolute atomic E-state index is 13.4. The average molecular weight is 538 g/mol. The molecule has 5 aromatic rings. The third-order valence-electron chi connectivity index (χ3n) is 5.31. The van der Waals surface area contributed by atoms with Gasteiger partial charge in [0.25, 0.3) is 5.56 Å². The predicted molar refractivity (Wildman–Crippen MR) is 142 cm³/mol. The second-order valence-corrected chi connectivity index (χ2v) is 9.36. The van der Waals surface area contributed by atoms with Crippen molar-refractivity contribution in [3.63, 3.8) is 0 Å². The van der Waals surface area contributed by atoms with Crippen LogP contribution in [0.25, 0.3) is 22.3 Å². The number of hydrogen-bond donors (Lipinski definition) is 2. The van der Waals surface area contributed by atoms with E-state index in [9.17, 15) is 9.18 Å². The lowest BCUT2D eigenvalue weighted by Gasteiger charge is -2.14. The van der Waals surface area contributed by atoms with E-state index in [0.29, 0.717) is 39.7 Å². The Morgan fingerprint density at radius 1 is 1.14 bits per heavy atom. The Morgan fingerprint density at radius 2 is 1.97 bits per heavy atom. The quantitative estimate of drug-likeness (QED) is 0.249. The van der Waals surface area contributed by atoms with Crippen LogP contribution in [0.4, 0.5) is 9.52 Å². The molecule has 3 heterocycles. The number of halogens is 2. The molecule has 0 radical (unpaired) electrons. The third kappa shape index (κ3) is 5.87. The van der Waals surface area contributed by atoms with Crippen molar-refractivity contribution >= 4 is 39.0 Å². The Balaban J connectivity index is 1.33. The lowest BCUT2D eigenvalue weighted by atomic mass is 10.2. The Kier molecular flexibility index (Phi) is 7.29. The van der Waals surface area contributed by atoms with Gasteiger partial charge in [0.2, 0.25) is 0 Å². The first-order valence-corrected chi connectivity index (χ1v) is 12.6. The molecule has 0 aliphatic carbocycles. The van der Waals surface area contributed by atoms with Crippen molar-refractivity contribution in [1.29, 1.82) is 0 Å². The molecule has 0 aliphatic rings. The number of ether oxygens (including phenoxy) is 2. The van der Waals surface area contributed by atoms with Gasteiger partial charge in [-0.25, -0.2) is 14.4 Å². The third-order valence-corrected chi connectivity index (χ3v) is 6.40. The second kappa shape index (κ2) is 10.9. The monoisotopic (exact) mass is 537 g/mol. The standard InChI is InChI=1S/C26H21ClFN5O3S/c1-15(36-16-5-3-2-4-6-16)12-30-26-31-21(14-37-26)24-23-18(9-10-29-24)25(34)33-22(32-23)13-35-17-7-8-20(28)19(27)11-17/h2-11,14-15H,12-13H2,1H3,(H,30,31)(H,32,33,34). The zero-order valence-electron chi connectivity index (χ0n) is 19.6. The van der Waals surface area contributed by atoms with E-state index in [1.165, 1.54) is 29.5 Å². The van der Waals surface area contributed by atoms with Crippen molar-refractivity contribution in [2.45, 2.75) is 19.6 Å². The summed E-state index contributed by atoms with van der Waals surface area (Å²) in [6, 6.07) is 15.2. The first-order chi connectivity index (χ1) is 18.0. The number of pyridine rings is 1. The molecule has 2 N–H and O–H groups in total. The highest BCUT2D eigenvalue weighted by molar-refractivity contribution is 7.14. The Labute approximate surface area is 220 Å². The van der Waals surface area contributed by atoms with Crippen molar-refractivity contribution < 1.29 is 13.9 Å². The number of rotatable bonds is 9. The van der Waals surface area contributed by atoms with Gasteiger partial charge in [-0.3, -0.25) is 9.78 Å². The van der Waals surface area contributed by atoms with E-state index in [1.54, 1.807) is 12.3 Å². The molecule has 0 fully saturated rings. The van der Waals surface area contributed by atoms with Crippen LogP contribution >= 0.6 is 22.9 Å². The molecule has 1 unspecified atom stereocenters. The van der Waals surface area contributed by atoms with Crippen LogP contribution in [0, 0.1) is 5.82 Å². The van der Waals surface area contributed by atoms with E-state index in [-0.39, 0.29) is 29.1 Å². The summed E-state index contributed by atoms with van der Waals surface area (Å²) in [6.07, 6.45) is 1.47. The van der Waals surface area contributed by atoms with Crippen LogP contribution in [0.5, 0.6) is 11.5 Å². The van der Waals surface area contributed by atoms with Crippen LogP contribution < -0.4 is 20.3 Å². The summed E-state index contributed by atoms with van der Waals surface area (Å²) in [5.41, 5.74) is 1.14. The van der Waals surface area contributed by atoms with Crippen molar-refractivity contribution in [3.8, 4) is 22.9 Å². The molecule has 0 saturated heterocycles. The molecule has 5 rings (SSSR count). The van der Waals surface area contributed by atoms with Gasteiger partial charge in [-0.1, -0.05) is 29.8 Å². The Bertz CT molecular complexity index is 1590. The molecular weight excluding hydrogens is 517 g/mol. The molecule has 188 valence electrons. The lowest BCUT2D eigenvalue weighted by Crippen LogP contribution is -2.22. The van der Waals surface area contributed by atoms with E-state index < -0.39 is 5.82 Å². The zero-order valence-corrected chi connectivity index (χ0v) is 21.1. The molecule has 8 nitrogen and oxygen atoms in total. The van der Waals surface area contributed by atoms with Crippen LogP contribution in [0.2, 0.25) is 5.02 Å². The summed E-state index contributed by atoms with van der Waals surface area (Å²) in [4.78, 5) is 29.1. The number of hydrogen-bond acceptors (Lipinski definition) is 8. The molecule has 3 aromatic heterocycles. The van der Waals surface area contributed by atoms with Gasteiger partial charge in [0.15, 0.2) is 5.13 Å². The maximum atomic E-state index is 13.4. The van der Waals surface area contributed by atoms with E-state index in [1.807, 2.05) is 42.6 Å². The topological polar surface area (TPSA) is 102 Å². The number of H-pyrrole nitrogens is 1. The van der Waals surface area contributed by atoms with Crippen LogP contribution in [-0.4, -0.2) is 32.6 Å². The minimum atomic E-state index is -0.544. The molecule has 37 heavy (non-hydrogen) atoms. The Hall–Kier alpha value is -4.02. The normalized spacial score (nSPS) is 11.9. The molecule has 11 heteroatoms. The molecule has 1 atom stereocenters. The minimum absolute atomic E-state index is 0.0509. The summed E-state index contributed by atoms with van der Waals surface area (Å²) in [5.74, 6) is 0.890. The van der Waals surface area contributed by atoms with Gasteiger partial charge in [-0.2, -0.15) is 0 Å². The van der Waals surface area contributed by atoms with Gasteiger partial charge in [0.1, 0.15) is 52.8 Å². The molecule has 0 saturated carbocycles. The smallest absolute Gasteiger partial charge is 0.258 e. The molecule has 0 aliphatic heterocycles. The van der Waals surface area contributed by atoms with Crippen LogP contribution in [0.3, 0.4) is 0 Å². The summed E-state index contributed by atoms with van der Waals surface area (Å²) in [5, 5.41) is 6.15. The molecular formula is C26H21ClFN5O3S. The van der Waals surface area contributed by atoms with Crippen LogP contribution in [-0.2, 0) is 6.61 Å². The summed E-state index contributed by atoms with van der Waals surface area (Å²) in [7, 11) is 0. The molecule has 0 amide bonds. The highest BCUT2D eigenvalue weighted by atomic mass is 35.5. The van der Waals surface area contributed by atoms with Gasteiger partial charge in [-0.05, 0) is 37.3 Å². The van der Waals surface area contributed by atoms with Gasteiger partial charge in [0.05, 0.1) is 17.0 Å². The van der Waals surface area contributed by atoms with Crippen LogP contribution in [0.15, 0.2) is 71.0 Å². The van der Waals surface area contributed by atoms with E-state index in [4.69, 9.17) is 21.1 Å². The second-order valence-electron chi connectivity index (χ2n) is 8.09. The summed E-state index contributed by atoms with van der Waals surface area (Å²) in [6.45, 7) is 2.47. The van der Waals surface area contributed by atoms with Crippen molar-refractivity contribution in [3.05, 3.63) is 93.2 Å². The summed E-state index contributed by atoms with van der Waals surface area (Å²) >= 11 is 7.23. The van der Waals surface area contributed by atoms with Crippen molar-refractivity contribution in [2.75, 3.05) is 11.9 Å². The number of anilines is 1. The SMILES string of the molecule is CC(CNc1nc(-c2nccc3c(=O)[nH]c(COc4ccc(F)c(Cl)c4)nc23)cs1)Oc1ccccc1. The van der Waals surface area contributed by atoms with Gasteiger partial charge in [0, 0.05) is 17.6 Å². The molecule has 0 spiro atoms. The number of fused-ring (bicyclic) bond motifs is 1. The zero-order chi connectivity index (χ0) is 25.8. The van der Waals surface area contributed by atoms with Gasteiger partial charge >= 0.3 is 0 Å². The van der Waals surface area contributed by atoms with Gasteiger partial charge < -0.3 is 19.8 Å². The largest absolute Gasteiger partial charge is 0.489 e. The first-order valence-electron chi connectivity index (χ1n) is 11.3. The van der Waals surface area contributed by atoms with E-state index >= 15 is 0 Å². The minimum Gasteiger partial charge on any atom is -0.489 e. The van der Waals surface area contributed by atoms with E-state index in [0.717, 1.165) is 5.75 Å². The number of nitrogens with one attached hydrogen (secondary N) is 2. The predicted octanol–water partition coefficient (Wildman–Crippen LogP) is 5.69. The maximum Gasteiger partial charge on any atom is 0.258 e.